The van der Waals surface area contributed by atoms with Crippen LogP contribution in [0.25, 0.3) is 0 Å². The van der Waals surface area contributed by atoms with Gasteiger partial charge in [0.2, 0.25) is 0 Å². The van der Waals surface area contributed by atoms with E-state index in [4.69, 9.17) is 16.3 Å². The Bertz CT molecular complexity index is 667. The van der Waals surface area contributed by atoms with E-state index in [9.17, 15) is 9.18 Å². The molecule has 0 aliphatic rings. The van der Waals surface area contributed by atoms with E-state index in [-0.39, 0.29) is 23.6 Å². The van der Waals surface area contributed by atoms with Gasteiger partial charge in [-0.25, -0.2) is 4.39 Å². The molecule has 2 aromatic rings. The van der Waals surface area contributed by atoms with E-state index in [1.165, 1.54) is 23.9 Å². The minimum Gasteiger partial charge on any atom is -0.494 e. The van der Waals surface area contributed by atoms with Crippen LogP contribution in [-0.2, 0) is 6.54 Å². The number of ketones is 1. The van der Waals surface area contributed by atoms with Gasteiger partial charge in [-0.15, -0.1) is 0 Å². The van der Waals surface area contributed by atoms with Crippen LogP contribution in [0, 0.1) is 19.7 Å². The highest BCUT2D eigenvalue weighted by atomic mass is 35.5. The fourth-order valence-electron chi connectivity index (χ4n) is 1.90. The number of ether oxygens (including phenoxy) is 1. The van der Waals surface area contributed by atoms with E-state index < -0.39 is 5.82 Å². The van der Waals surface area contributed by atoms with Crippen molar-refractivity contribution in [2.75, 3.05) is 7.11 Å². The summed E-state index contributed by atoms with van der Waals surface area (Å²) in [6.45, 7) is 3.57. The minimum absolute atomic E-state index is 0.0190. The van der Waals surface area contributed by atoms with Crippen molar-refractivity contribution in [3.8, 4) is 5.75 Å². The average molecular weight is 297 g/mol. The first-order chi connectivity index (χ1) is 9.43. The standard InChI is InChI=1S/C14H14ClFN2O2/c1-8-14(15)9(2)18(17-8)7-12(19)10-4-5-13(20-3)11(16)6-10/h4-6H,7H2,1-3H3. The third-order valence-corrected chi connectivity index (χ3v) is 3.61. The normalized spacial score (nSPS) is 10.7. The number of benzene rings is 1. The van der Waals surface area contributed by atoms with Crippen LogP contribution in [0.3, 0.4) is 0 Å². The first-order valence-electron chi connectivity index (χ1n) is 6.00. The second kappa shape index (κ2) is 5.63. The van der Waals surface area contributed by atoms with E-state index in [0.717, 1.165) is 6.07 Å². The first-order valence-corrected chi connectivity index (χ1v) is 6.38. The molecular weight excluding hydrogens is 283 g/mol. The summed E-state index contributed by atoms with van der Waals surface area (Å²) in [7, 11) is 1.37. The van der Waals surface area contributed by atoms with Crippen LogP contribution >= 0.6 is 11.6 Å². The lowest BCUT2D eigenvalue weighted by Gasteiger charge is -2.06. The van der Waals surface area contributed by atoms with E-state index in [2.05, 4.69) is 5.10 Å². The summed E-state index contributed by atoms with van der Waals surface area (Å²) in [5.41, 5.74) is 1.65. The highest BCUT2D eigenvalue weighted by molar-refractivity contribution is 6.31. The van der Waals surface area contributed by atoms with Crippen LogP contribution in [0.2, 0.25) is 5.02 Å². The maximum absolute atomic E-state index is 13.6. The molecule has 0 spiro atoms. The zero-order chi connectivity index (χ0) is 14.9. The summed E-state index contributed by atoms with van der Waals surface area (Å²) in [5, 5.41) is 4.72. The molecule has 0 radical (unpaired) electrons. The molecule has 0 saturated heterocycles. The minimum atomic E-state index is -0.565. The fraction of sp³-hybridized carbons (Fsp3) is 0.286. The van der Waals surface area contributed by atoms with Crippen molar-refractivity contribution in [2.45, 2.75) is 20.4 Å². The van der Waals surface area contributed by atoms with Crippen LogP contribution in [0.4, 0.5) is 4.39 Å². The molecule has 0 fully saturated rings. The highest BCUT2D eigenvalue weighted by Crippen LogP contribution is 2.21. The third kappa shape index (κ3) is 2.67. The molecule has 0 aliphatic heterocycles. The molecule has 106 valence electrons. The van der Waals surface area contributed by atoms with Gasteiger partial charge in [0.15, 0.2) is 17.3 Å². The second-order valence-electron chi connectivity index (χ2n) is 4.41. The Hall–Kier alpha value is -1.88. The van der Waals surface area contributed by atoms with Gasteiger partial charge in [0.1, 0.15) is 6.54 Å². The van der Waals surface area contributed by atoms with Crippen LogP contribution in [0.15, 0.2) is 18.2 Å². The van der Waals surface area contributed by atoms with Gasteiger partial charge in [0, 0.05) is 5.56 Å². The summed E-state index contributed by atoms with van der Waals surface area (Å²) in [5.74, 6) is -0.700. The Morgan fingerprint density at radius 1 is 1.45 bits per heavy atom. The van der Waals surface area contributed by atoms with Gasteiger partial charge in [0.05, 0.1) is 23.5 Å². The van der Waals surface area contributed by atoms with Crippen molar-refractivity contribution in [1.82, 2.24) is 9.78 Å². The lowest BCUT2D eigenvalue weighted by molar-refractivity contribution is 0.0966. The molecule has 2 rings (SSSR count). The molecule has 1 aromatic heterocycles. The molecule has 0 saturated carbocycles. The van der Waals surface area contributed by atoms with Crippen LogP contribution in [0.5, 0.6) is 5.75 Å². The molecule has 6 heteroatoms. The topological polar surface area (TPSA) is 44.1 Å². The molecule has 0 amide bonds. The van der Waals surface area contributed by atoms with E-state index in [0.29, 0.717) is 16.4 Å². The second-order valence-corrected chi connectivity index (χ2v) is 4.79. The SMILES string of the molecule is COc1ccc(C(=O)Cn2nc(C)c(Cl)c2C)cc1F. The average Bonchev–Trinajstić information content (AvgIpc) is 2.66. The molecule has 1 aromatic carbocycles. The van der Waals surface area contributed by atoms with Crippen LogP contribution in [-0.4, -0.2) is 22.7 Å². The molecule has 0 atom stereocenters. The van der Waals surface area contributed by atoms with E-state index in [1.54, 1.807) is 13.8 Å². The lowest BCUT2D eigenvalue weighted by Crippen LogP contribution is -2.13. The Labute approximate surface area is 121 Å². The molecule has 0 aliphatic carbocycles. The molecule has 0 unspecified atom stereocenters. The molecule has 1 heterocycles. The number of hydrogen-bond donors (Lipinski definition) is 0. The highest BCUT2D eigenvalue weighted by Gasteiger charge is 2.15. The number of hydrogen-bond acceptors (Lipinski definition) is 3. The summed E-state index contributed by atoms with van der Waals surface area (Å²) in [6, 6.07) is 4.11. The van der Waals surface area contributed by atoms with Gasteiger partial charge in [-0.05, 0) is 32.0 Å². The summed E-state index contributed by atoms with van der Waals surface area (Å²) >= 11 is 6.02. The third-order valence-electron chi connectivity index (χ3n) is 3.06. The predicted molar refractivity (Wildman–Crippen MR) is 74.0 cm³/mol. The zero-order valence-electron chi connectivity index (χ0n) is 11.4. The monoisotopic (exact) mass is 296 g/mol. The summed E-state index contributed by atoms with van der Waals surface area (Å²) in [4.78, 5) is 12.1. The molecule has 20 heavy (non-hydrogen) atoms. The molecule has 0 bridgehead atoms. The van der Waals surface area contributed by atoms with Gasteiger partial charge < -0.3 is 4.74 Å². The fourth-order valence-corrected chi connectivity index (χ4v) is 2.03. The van der Waals surface area contributed by atoms with Gasteiger partial charge in [0.25, 0.3) is 0 Å². The van der Waals surface area contributed by atoms with Crippen molar-refractivity contribution in [3.05, 3.63) is 46.0 Å². The van der Waals surface area contributed by atoms with Crippen LogP contribution in [0.1, 0.15) is 21.7 Å². The summed E-state index contributed by atoms with van der Waals surface area (Å²) in [6.07, 6.45) is 0. The maximum atomic E-state index is 13.6. The Morgan fingerprint density at radius 3 is 2.65 bits per heavy atom. The van der Waals surface area contributed by atoms with Gasteiger partial charge in [-0.2, -0.15) is 5.10 Å². The first kappa shape index (κ1) is 14.5. The van der Waals surface area contributed by atoms with E-state index in [1.807, 2.05) is 0 Å². The van der Waals surface area contributed by atoms with Gasteiger partial charge in [-0.1, -0.05) is 11.6 Å². The largest absolute Gasteiger partial charge is 0.494 e. The molecular formula is C14H14ClFN2O2. The van der Waals surface area contributed by atoms with Gasteiger partial charge >= 0.3 is 0 Å². The van der Waals surface area contributed by atoms with Crippen molar-refractivity contribution >= 4 is 17.4 Å². The smallest absolute Gasteiger partial charge is 0.184 e. The Kier molecular flexibility index (Phi) is 4.09. The van der Waals surface area contributed by atoms with Crippen LogP contribution < -0.4 is 4.74 Å². The number of Topliss-reactive ketones (excluding diaryl/α,β-unsaturated/α-hetero) is 1. The number of aromatic nitrogens is 2. The Balaban J connectivity index is 2.24. The maximum Gasteiger partial charge on any atom is 0.184 e. The summed E-state index contributed by atoms with van der Waals surface area (Å²) < 4.78 is 19.9. The zero-order valence-corrected chi connectivity index (χ0v) is 12.2. The number of methoxy groups -OCH3 is 1. The van der Waals surface area contributed by atoms with Crippen molar-refractivity contribution in [2.24, 2.45) is 0 Å². The number of halogens is 2. The van der Waals surface area contributed by atoms with Crippen molar-refractivity contribution in [3.63, 3.8) is 0 Å². The quantitative estimate of drug-likeness (QED) is 0.814. The number of carbonyl (C=O) groups is 1. The molecule has 0 N–H and O–H groups in total. The number of aryl methyl sites for hydroxylation is 1. The predicted octanol–water partition coefficient (Wildman–Crippen LogP) is 3.18. The van der Waals surface area contributed by atoms with Crippen molar-refractivity contribution < 1.29 is 13.9 Å². The Morgan fingerprint density at radius 2 is 2.15 bits per heavy atom. The van der Waals surface area contributed by atoms with Crippen molar-refractivity contribution in [1.29, 1.82) is 0 Å². The number of rotatable bonds is 4. The molecule has 4 nitrogen and oxygen atoms in total. The lowest BCUT2D eigenvalue weighted by atomic mass is 10.1. The van der Waals surface area contributed by atoms with E-state index >= 15 is 0 Å². The number of carbonyl (C=O) groups excluding carboxylic acids is 1. The number of nitrogens with zero attached hydrogens (tertiary/aromatic N) is 2. The van der Waals surface area contributed by atoms with Gasteiger partial charge in [-0.3, -0.25) is 9.48 Å².